The van der Waals surface area contributed by atoms with E-state index in [1.54, 1.807) is 7.11 Å². The van der Waals surface area contributed by atoms with Crippen LogP contribution in [-0.2, 0) is 4.74 Å². The molecule has 1 aromatic carbocycles. The highest BCUT2D eigenvalue weighted by Crippen LogP contribution is 2.23. The summed E-state index contributed by atoms with van der Waals surface area (Å²) < 4.78 is 10.7. The maximum absolute atomic E-state index is 12.4. The third-order valence-electron chi connectivity index (χ3n) is 4.38. The molecule has 1 saturated heterocycles. The summed E-state index contributed by atoms with van der Waals surface area (Å²) in [6.07, 6.45) is 2.91. The maximum atomic E-state index is 12.4. The quantitative estimate of drug-likeness (QED) is 0.791. The van der Waals surface area contributed by atoms with Gasteiger partial charge in [-0.3, -0.25) is 9.69 Å². The zero-order chi connectivity index (χ0) is 18.4. The number of morpholine rings is 1. The number of nitrogens with zero attached hydrogens (tertiary/aromatic N) is 3. The Labute approximate surface area is 152 Å². The van der Waals surface area contributed by atoms with Crippen molar-refractivity contribution < 1.29 is 14.3 Å². The van der Waals surface area contributed by atoms with E-state index in [4.69, 9.17) is 15.2 Å². The number of hydrogen-bond acceptors (Lipinski definition) is 7. The Hall–Kier alpha value is -2.71. The smallest absolute Gasteiger partial charge is 0.273 e. The van der Waals surface area contributed by atoms with E-state index in [1.807, 2.05) is 24.3 Å². The summed E-state index contributed by atoms with van der Waals surface area (Å²) in [6.45, 7) is 3.40. The molecule has 3 N–H and O–H groups in total. The molecule has 1 atom stereocenters. The van der Waals surface area contributed by atoms with Gasteiger partial charge in [0, 0.05) is 32.0 Å². The zero-order valence-electron chi connectivity index (χ0n) is 14.7. The summed E-state index contributed by atoms with van der Waals surface area (Å²) in [5.41, 5.74) is 6.98. The number of rotatable bonds is 6. The molecule has 1 aliphatic heterocycles. The van der Waals surface area contributed by atoms with Crippen molar-refractivity contribution in [1.82, 2.24) is 20.2 Å². The number of methoxy groups -OCH3 is 1. The largest absolute Gasteiger partial charge is 0.497 e. The highest BCUT2D eigenvalue weighted by molar-refractivity contribution is 5.96. The number of amides is 1. The lowest BCUT2D eigenvalue weighted by molar-refractivity contribution is 0.0162. The summed E-state index contributed by atoms with van der Waals surface area (Å²) in [5.74, 6) is 0.589. The number of nitrogens with two attached hydrogens (primary N) is 1. The van der Waals surface area contributed by atoms with Crippen LogP contribution in [0.25, 0.3) is 0 Å². The van der Waals surface area contributed by atoms with Gasteiger partial charge in [-0.25, -0.2) is 9.97 Å². The van der Waals surface area contributed by atoms with Crippen molar-refractivity contribution in [3.63, 3.8) is 0 Å². The average Bonchev–Trinajstić information content (AvgIpc) is 2.69. The summed E-state index contributed by atoms with van der Waals surface area (Å²) in [6, 6.07) is 7.90. The van der Waals surface area contributed by atoms with Gasteiger partial charge in [-0.2, -0.15) is 0 Å². The van der Waals surface area contributed by atoms with Crippen LogP contribution in [0.1, 0.15) is 22.1 Å². The molecular formula is C18H23N5O3. The lowest BCUT2D eigenvalue weighted by Crippen LogP contribution is -2.44. The summed E-state index contributed by atoms with van der Waals surface area (Å²) in [5, 5.41) is 2.93. The molecule has 3 rings (SSSR count). The van der Waals surface area contributed by atoms with Crippen molar-refractivity contribution >= 4 is 11.7 Å². The van der Waals surface area contributed by atoms with Crippen LogP contribution in [-0.4, -0.2) is 60.7 Å². The third kappa shape index (κ3) is 4.27. The van der Waals surface area contributed by atoms with Crippen molar-refractivity contribution in [3.8, 4) is 5.75 Å². The first-order valence-electron chi connectivity index (χ1n) is 8.49. The molecular weight excluding hydrogens is 334 g/mol. The zero-order valence-corrected chi connectivity index (χ0v) is 14.7. The van der Waals surface area contributed by atoms with Crippen LogP contribution in [0.5, 0.6) is 5.75 Å². The molecule has 0 saturated carbocycles. The van der Waals surface area contributed by atoms with Crippen LogP contribution in [0.15, 0.2) is 36.7 Å². The van der Waals surface area contributed by atoms with Crippen LogP contribution in [0, 0.1) is 0 Å². The molecule has 1 aromatic heterocycles. The van der Waals surface area contributed by atoms with Gasteiger partial charge < -0.3 is 20.5 Å². The molecule has 0 spiro atoms. The van der Waals surface area contributed by atoms with Crippen molar-refractivity contribution in [2.24, 2.45) is 0 Å². The second-order valence-electron chi connectivity index (χ2n) is 5.94. The van der Waals surface area contributed by atoms with Gasteiger partial charge in [-0.15, -0.1) is 0 Å². The van der Waals surface area contributed by atoms with Crippen LogP contribution >= 0.6 is 0 Å². The Bertz CT molecular complexity index is 732. The van der Waals surface area contributed by atoms with Gasteiger partial charge in [0.15, 0.2) is 11.5 Å². The van der Waals surface area contributed by atoms with Gasteiger partial charge in [-0.05, 0) is 17.7 Å². The van der Waals surface area contributed by atoms with Crippen molar-refractivity contribution in [2.45, 2.75) is 6.04 Å². The Balaban J connectivity index is 1.74. The number of aromatic nitrogens is 2. The normalized spacial score (nSPS) is 16.0. The molecule has 0 radical (unpaired) electrons. The Kier molecular flexibility index (Phi) is 5.98. The minimum Gasteiger partial charge on any atom is -0.497 e. The van der Waals surface area contributed by atoms with E-state index in [0.717, 1.165) is 24.4 Å². The lowest BCUT2D eigenvalue weighted by Gasteiger charge is -2.35. The van der Waals surface area contributed by atoms with E-state index in [1.165, 1.54) is 12.4 Å². The fourth-order valence-corrected chi connectivity index (χ4v) is 2.97. The molecule has 0 bridgehead atoms. The highest BCUT2D eigenvalue weighted by Gasteiger charge is 2.24. The SMILES string of the molecule is COc1ccc([C@@H](CNC(=O)c2nccnc2N)N2CCOCC2)cc1. The van der Waals surface area contributed by atoms with Crippen molar-refractivity contribution in [2.75, 3.05) is 45.7 Å². The number of nitrogens with one attached hydrogen (secondary N) is 1. The first-order valence-corrected chi connectivity index (χ1v) is 8.49. The molecule has 1 fully saturated rings. The molecule has 1 aliphatic rings. The second kappa shape index (κ2) is 8.59. The number of nitrogen functional groups attached to an aromatic ring is 1. The van der Waals surface area contributed by atoms with E-state index in [2.05, 4.69) is 20.2 Å². The van der Waals surface area contributed by atoms with Crippen LogP contribution in [0.4, 0.5) is 5.82 Å². The average molecular weight is 357 g/mol. The van der Waals surface area contributed by atoms with E-state index >= 15 is 0 Å². The number of anilines is 1. The van der Waals surface area contributed by atoms with Gasteiger partial charge in [0.1, 0.15) is 5.75 Å². The molecule has 2 aromatic rings. The van der Waals surface area contributed by atoms with E-state index in [0.29, 0.717) is 19.8 Å². The predicted octanol–water partition coefficient (Wildman–Crippen LogP) is 0.871. The fraction of sp³-hybridized carbons (Fsp3) is 0.389. The number of hydrogen-bond donors (Lipinski definition) is 2. The monoisotopic (exact) mass is 357 g/mol. The standard InChI is InChI=1S/C18H23N5O3/c1-25-14-4-2-13(3-5-14)15(23-8-10-26-11-9-23)12-22-18(24)16-17(19)21-7-6-20-16/h2-7,15H,8-12H2,1H3,(H2,19,21)(H,22,24)/t15-/m1/s1. The minimum absolute atomic E-state index is 0.0200. The van der Waals surface area contributed by atoms with Crippen LogP contribution in [0.2, 0.25) is 0 Å². The topological polar surface area (TPSA) is 103 Å². The maximum Gasteiger partial charge on any atom is 0.273 e. The number of ether oxygens (including phenoxy) is 2. The van der Waals surface area contributed by atoms with Crippen molar-refractivity contribution in [1.29, 1.82) is 0 Å². The summed E-state index contributed by atoms with van der Waals surface area (Å²) in [4.78, 5) is 22.6. The molecule has 138 valence electrons. The molecule has 8 nitrogen and oxygen atoms in total. The molecule has 2 heterocycles. The van der Waals surface area contributed by atoms with Gasteiger partial charge in [0.05, 0.1) is 26.4 Å². The molecule has 0 aliphatic carbocycles. The Morgan fingerprint density at radius 1 is 1.27 bits per heavy atom. The van der Waals surface area contributed by atoms with Crippen LogP contribution in [0.3, 0.4) is 0 Å². The van der Waals surface area contributed by atoms with Gasteiger partial charge >= 0.3 is 0 Å². The Morgan fingerprint density at radius 3 is 2.62 bits per heavy atom. The molecule has 8 heteroatoms. The van der Waals surface area contributed by atoms with Gasteiger partial charge in [0.2, 0.25) is 0 Å². The minimum atomic E-state index is -0.331. The van der Waals surface area contributed by atoms with Gasteiger partial charge in [0.25, 0.3) is 5.91 Å². The molecule has 1 amide bonds. The van der Waals surface area contributed by atoms with E-state index in [9.17, 15) is 4.79 Å². The fourth-order valence-electron chi connectivity index (χ4n) is 2.97. The number of carbonyl (C=O) groups excluding carboxylic acids is 1. The predicted molar refractivity (Wildman–Crippen MR) is 96.9 cm³/mol. The first-order chi connectivity index (χ1) is 12.7. The molecule has 26 heavy (non-hydrogen) atoms. The Morgan fingerprint density at radius 2 is 1.96 bits per heavy atom. The highest BCUT2D eigenvalue weighted by atomic mass is 16.5. The second-order valence-corrected chi connectivity index (χ2v) is 5.94. The lowest BCUT2D eigenvalue weighted by atomic mass is 10.0. The van der Waals surface area contributed by atoms with Gasteiger partial charge in [-0.1, -0.05) is 12.1 Å². The number of benzene rings is 1. The van der Waals surface area contributed by atoms with Crippen LogP contribution < -0.4 is 15.8 Å². The molecule has 0 unspecified atom stereocenters. The van der Waals surface area contributed by atoms with E-state index < -0.39 is 0 Å². The third-order valence-corrected chi connectivity index (χ3v) is 4.38. The van der Waals surface area contributed by atoms with E-state index in [-0.39, 0.29) is 23.5 Å². The number of carbonyl (C=O) groups is 1. The summed E-state index contributed by atoms with van der Waals surface area (Å²) >= 11 is 0. The first kappa shape index (κ1) is 18.1. The van der Waals surface area contributed by atoms with Crippen molar-refractivity contribution in [3.05, 3.63) is 47.9 Å². The summed E-state index contributed by atoms with van der Waals surface area (Å²) in [7, 11) is 1.64.